The first-order valence-corrected chi connectivity index (χ1v) is 11.9. The monoisotopic (exact) mass is 473 g/mol. The average Bonchev–Trinajstić information content (AvgIpc) is 3.25. The number of nitrogens with zero attached hydrogens (tertiary/aromatic N) is 6. The van der Waals surface area contributed by atoms with Crippen LogP contribution in [0.15, 0.2) is 31.1 Å². The molecule has 2 aliphatic rings. The second-order valence-electron chi connectivity index (χ2n) is 8.56. The number of carbonyl (C=O) groups excluding carboxylic acids is 1. The second-order valence-corrected chi connectivity index (χ2v) is 9.62. The Bertz CT molecular complexity index is 1540. The molecular formula is C24H20FN7OS. The fourth-order valence-electron chi connectivity index (χ4n) is 4.30. The first kappa shape index (κ1) is 20.7. The summed E-state index contributed by atoms with van der Waals surface area (Å²) in [7, 11) is 0. The summed E-state index contributed by atoms with van der Waals surface area (Å²) in [6.45, 7) is 4.64. The van der Waals surface area contributed by atoms with Gasteiger partial charge in [-0.05, 0) is 43.4 Å². The van der Waals surface area contributed by atoms with Crippen molar-refractivity contribution in [3.05, 3.63) is 53.2 Å². The van der Waals surface area contributed by atoms with Crippen molar-refractivity contribution in [1.29, 1.82) is 0 Å². The molecule has 6 rings (SSSR count). The van der Waals surface area contributed by atoms with Crippen LogP contribution in [0.1, 0.15) is 47.5 Å². The molecule has 170 valence electrons. The van der Waals surface area contributed by atoms with Gasteiger partial charge in [0.25, 0.3) is 0 Å². The van der Waals surface area contributed by atoms with E-state index in [-0.39, 0.29) is 23.3 Å². The van der Waals surface area contributed by atoms with Crippen LogP contribution in [0.4, 0.5) is 10.2 Å². The van der Waals surface area contributed by atoms with Crippen LogP contribution in [-0.2, 0) is 4.79 Å². The Labute approximate surface area is 198 Å². The van der Waals surface area contributed by atoms with Gasteiger partial charge in [-0.1, -0.05) is 12.5 Å². The molecule has 1 amide bonds. The fraction of sp³-hybridized carbons (Fsp3) is 0.292. The number of aromatic nitrogens is 5. The molecule has 1 aromatic carbocycles. The predicted octanol–water partition coefficient (Wildman–Crippen LogP) is 3.39. The Kier molecular flexibility index (Phi) is 4.81. The number of nitrogen functional groups attached to an aromatic ring is 1. The number of carbonyl (C=O) groups is 1. The Morgan fingerprint density at radius 2 is 2.12 bits per heavy atom. The Hall–Kier alpha value is -3.84. The van der Waals surface area contributed by atoms with E-state index in [2.05, 4.69) is 38.5 Å². The van der Waals surface area contributed by atoms with Crippen molar-refractivity contribution < 1.29 is 9.18 Å². The maximum atomic E-state index is 14.8. The molecule has 1 saturated carbocycles. The van der Waals surface area contributed by atoms with E-state index in [0.717, 1.165) is 28.1 Å². The molecule has 1 saturated heterocycles. The smallest absolute Gasteiger partial charge is 0.246 e. The highest BCUT2D eigenvalue weighted by molar-refractivity contribution is 7.18. The lowest BCUT2D eigenvalue weighted by atomic mass is 10.2. The van der Waals surface area contributed by atoms with Gasteiger partial charge in [-0.3, -0.25) is 4.79 Å². The summed E-state index contributed by atoms with van der Waals surface area (Å²) in [5.74, 6) is 6.14. The third kappa shape index (κ3) is 3.49. The SMILES string of the molecule is C=CC(=O)N1CC[C@H](n2nc(C#Cc3cc4nc(C5CC5)sc4cc3F)c3c(N)ncnc32)C1. The van der Waals surface area contributed by atoms with Gasteiger partial charge in [0, 0.05) is 19.0 Å². The number of thiazole rings is 1. The fourth-order valence-corrected chi connectivity index (χ4v) is 5.45. The summed E-state index contributed by atoms with van der Waals surface area (Å²) in [5, 5.41) is 6.24. The number of hydrogen-bond acceptors (Lipinski definition) is 7. The van der Waals surface area contributed by atoms with Gasteiger partial charge in [0.2, 0.25) is 5.91 Å². The highest BCUT2D eigenvalue weighted by Gasteiger charge is 2.30. The molecule has 4 heterocycles. The van der Waals surface area contributed by atoms with Gasteiger partial charge in [-0.15, -0.1) is 11.3 Å². The summed E-state index contributed by atoms with van der Waals surface area (Å²) in [5.41, 5.74) is 8.07. The van der Waals surface area contributed by atoms with Gasteiger partial charge in [0.15, 0.2) is 5.65 Å². The third-order valence-electron chi connectivity index (χ3n) is 6.25. The number of hydrogen-bond donors (Lipinski definition) is 1. The maximum absolute atomic E-state index is 14.8. The molecule has 2 fully saturated rings. The molecule has 10 heteroatoms. The van der Waals surface area contributed by atoms with Crippen molar-refractivity contribution in [2.75, 3.05) is 18.8 Å². The predicted molar refractivity (Wildman–Crippen MR) is 128 cm³/mol. The molecule has 0 spiro atoms. The number of halogens is 1. The number of fused-ring (bicyclic) bond motifs is 2. The summed E-state index contributed by atoms with van der Waals surface area (Å²) < 4.78 is 17.4. The van der Waals surface area contributed by atoms with Crippen molar-refractivity contribution in [2.24, 2.45) is 0 Å². The topological polar surface area (TPSA) is 103 Å². The minimum Gasteiger partial charge on any atom is -0.383 e. The minimum absolute atomic E-state index is 0.0832. The Morgan fingerprint density at radius 1 is 1.26 bits per heavy atom. The zero-order valence-electron chi connectivity index (χ0n) is 18.2. The molecule has 1 aliphatic heterocycles. The molecule has 8 nitrogen and oxygen atoms in total. The Balaban J connectivity index is 1.39. The molecule has 4 aromatic rings. The summed E-state index contributed by atoms with van der Waals surface area (Å²) in [6.07, 6.45) is 5.69. The zero-order chi connectivity index (χ0) is 23.4. The molecule has 0 unspecified atom stereocenters. The van der Waals surface area contributed by atoms with E-state index in [1.807, 2.05) is 0 Å². The highest BCUT2D eigenvalue weighted by Crippen LogP contribution is 2.43. The quantitative estimate of drug-likeness (QED) is 0.361. The molecule has 3 aromatic heterocycles. The van der Waals surface area contributed by atoms with Gasteiger partial charge in [-0.25, -0.2) is 24.0 Å². The minimum atomic E-state index is -0.395. The lowest BCUT2D eigenvalue weighted by Gasteiger charge is -2.14. The number of likely N-dealkylation sites (tertiary alicyclic amines) is 1. The van der Waals surface area contributed by atoms with E-state index in [1.54, 1.807) is 27.0 Å². The lowest BCUT2D eigenvalue weighted by molar-refractivity contribution is -0.125. The van der Waals surface area contributed by atoms with Crippen molar-refractivity contribution in [1.82, 2.24) is 29.6 Å². The van der Waals surface area contributed by atoms with E-state index in [1.165, 1.54) is 18.5 Å². The number of anilines is 1. The van der Waals surface area contributed by atoms with Crippen molar-refractivity contribution in [2.45, 2.75) is 31.2 Å². The third-order valence-corrected chi connectivity index (χ3v) is 7.43. The van der Waals surface area contributed by atoms with Crippen molar-refractivity contribution >= 4 is 44.3 Å². The number of rotatable bonds is 3. The Morgan fingerprint density at radius 3 is 2.91 bits per heavy atom. The van der Waals surface area contributed by atoms with E-state index >= 15 is 0 Å². The van der Waals surface area contributed by atoms with Crippen LogP contribution < -0.4 is 5.73 Å². The lowest BCUT2D eigenvalue weighted by Crippen LogP contribution is -2.27. The molecule has 1 aliphatic carbocycles. The zero-order valence-corrected chi connectivity index (χ0v) is 19.0. The van der Waals surface area contributed by atoms with E-state index < -0.39 is 5.82 Å². The molecule has 0 bridgehead atoms. The van der Waals surface area contributed by atoms with Crippen molar-refractivity contribution in [3.8, 4) is 11.8 Å². The maximum Gasteiger partial charge on any atom is 0.246 e. The van der Waals surface area contributed by atoms with E-state index in [4.69, 9.17) is 5.73 Å². The van der Waals surface area contributed by atoms with Crippen LogP contribution in [0.25, 0.3) is 21.3 Å². The molecule has 2 N–H and O–H groups in total. The average molecular weight is 474 g/mol. The number of benzene rings is 1. The molecule has 34 heavy (non-hydrogen) atoms. The standard InChI is InChI=1S/C24H20FN7OS/c1-2-20(33)31-8-7-15(11-31)32-23-21(22(26)27-12-28-23)17(30-32)6-5-14-9-18-19(10-16(14)25)34-24(29-18)13-3-4-13/h2,9-10,12-13,15H,1,3-4,7-8,11H2,(H2,26,27,28)/t15-/m0/s1. The second kappa shape index (κ2) is 7.88. The number of nitrogens with two attached hydrogens (primary N) is 1. The van der Waals surface area contributed by atoms with Crippen LogP contribution in [0, 0.1) is 17.7 Å². The molecular weight excluding hydrogens is 453 g/mol. The summed E-state index contributed by atoms with van der Waals surface area (Å²) in [6, 6.07) is 3.11. The molecule has 1 atom stereocenters. The van der Waals surface area contributed by atoms with Gasteiger partial charge >= 0.3 is 0 Å². The van der Waals surface area contributed by atoms with E-state index in [0.29, 0.717) is 42.2 Å². The summed E-state index contributed by atoms with van der Waals surface area (Å²) >= 11 is 1.55. The first-order chi connectivity index (χ1) is 16.5. The van der Waals surface area contributed by atoms with Gasteiger partial charge in [0.1, 0.15) is 23.7 Å². The molecule has 0 radical (unpaired) electrons. The normalized spacial score (nSPS) is 17.8. The van der Waals surface area contributed by atoms with Gasteiger partial charge < -0.3 is 10.6 Å². The highest BCUT2D eigenvalue weighted by atomic mass is 32.1. The van der Waals surface area contributed by atoms with Gasteiger partial charge in [-0.2, -0.15) is 5.10 Å². The number of amides is 1. The van der Waals surface area contributed by atoms with Crippen molar-refractivity contribution in [3.63, 3.8) is 0 Å². The van der Waals surface area contributed by atoms with Crippen LogP contribution in [-0.4, -0.2) is 48.6 Å². The first-order valence-electron chi connectivity index (χ1n) is 11.0. The van der Waals surface area contributed by atoms with Crippen LogP contribution in [0.3, 0.4) is 0 Å². The largest absolute Gasteiger partial charge is 0.383 e. The van der Waals surface area contributed by atoms with Gasteiger partial charge in [0.05, 0.1) is 32.2 Å². The van der Waals surface area contributed by atoms with Crippen LogP contribution in [0.2, 0.25) is 0 Å². The van der Waals surface area contributed by atoms with E-state index in [9.17, 15) is 9.18 Å². The summed E-state index contributed by atoms with van der Waals surface area (Å²) in [4.78, 5) is 26.9. The van der Waals surface area contributed by atoms with Crippen LogP contribution in [0.5, 0.6) is 0 Å². The van der Waals surface area contributed by atoms with Crippen LogP contribution >= 0.6 is 11.3 Å².